The molecule has 2 aromatic heterocycles. The van der Waals surface area contributed by atoms with Gasteiger partial charge in [-0.25, -0.2) is 4.39 Å². The van der Waals surface area contributed by atoms with Crippen LogP contribution in [0.2, 0.25) is 0 Å². The first kappa shape index (κ1) is 15.9. The Labute approximate surface area is 144 Å². The summed E-state index contributed by atoms with van der Waals surface area (Å²) in [5.41, 5.74) is 2.82. The molecule has 3 heterocycles. The first-order valence-corrected chi connectivity index (χ1v) is 8.29. The maximum Gasteiger partial charge on any atom is 0.147 e. The summed E-state index contributed by atoms with van der Waals surface area (Å²) in [6.07, 6.45) is 2.58. The average Bonchev–Trinajstić information content (AvgIpc) is 3.17. The number of ether oxygens (including phenoxy) is 1. The summed E-state index contributed by atoms with van der Waals surface area (Å²) in [5.74, 6) is 1.64. The van der Waals surface area contributed by atoms with E-state index < -0.39 is 0 Å². The largest absolute Gasteiger partial charge is 0.379 e. The normalized spacial score (nSPS) is 14.3. The molecule has 0 spiro atoms. The molecule has 4 rings (SSSR count). The highest BCUT2D eigenvalue weighted by Gasteiger charge is 2.15. The van der Waals surface area contributed by atoms with Crippen molar-refractivity contribution in [1.82, 2.24) is 30.3 Å². The van der Waals surface area contributed by atoms with Crippen molar-refractivity contribution >= 4 is 0 Å². The zero-order valence-corrected chi connectivity index (χ0v) is 13.7. The summed E-state index contributed by atoms with van der Waals surface area (Å²) in [4.78, 5) is 0. The molecule has 7 nitrogen and oxygen atoms in total. The van der Waals surface area contributed by atoms with Gasteiger partial charge in [-0.3, -0.25) is 5.10 Å². The van der Waals surface area contributed by atoms with E-state index in [1.54, 1.807) is 18.3 Å². The van der Waals surface area contributed by atoms with Crippen molar-refractivity contribution in [1.29, 1.82) is 0 Å². The number of nitrogens with zero attached hydrogens (tertiary/aromatic N) is 4. The molecule has 0 atom stereocenters. The Morgan fingerprint density at radius 1 is 1.16 bits per heavy atom. The fourth-order valence-corrected chi connectivity index (χ4v) is 2.99. The van der Waals surface area contributed by atoms with E-state index >= 15 is 0 Å². The highest BCUT2D eigenvalue weighted by Crippen LogP contribution is 2.21. The van der Waals surface area contributed by atoms with Crippen LogP contribution in [0.4, 0.5) is 4.39 Å². The van der Waals surface area contributed by atoms with Crippen molar-refractivity contribution in [3.63, 3.8) is 0 Å². The molecule has 1 aliphatic rings. The van der Waals surface area contributed by atoms with E-state index in [0.717, 1.165) is 41.4 Å². The van der Waals surface area contributed by atoms with Gasteiger partial charge in [0.25, 0.3) is 0 Å². The number of fused-ring (bicyclic) bond motifs is 1. The first-order valence-electron chi connectivity index (χ1n) is 8.29. The quantitative estimate of drug-likeness (QED) is 0.737. The summed E-state index contributed by atoms with van der Waals surface area (Å²) in [6.45, 7) is 3.41. The Hall–Kier alpha value is -2.58. The third kappa shape index (κ3) is 3.45. The summed E-state index contributed by atoms with van der Waals surface area (Å²) in [5, 5.41) is 19.0. The molecule has 25 heavy (non-hydrogen) atoms. The molecule has 0 fully saturated rings. The molecular weight excluding hydrogens is 323 g/mol. The van der Waals surface area contributed by atoms with Gasteiger partial charge in [-0.05, 0) is 24.3 Å². The van der Waals surface area contributed by atoms with Gasteiger partial charge in [0.1, 0.15) is 17.5 Å². The van der Waals surface area contributed by atoms with Crippen molar-refractivity contribution in [2.45, 2.75) is 26.1 Å². The minimum Gasteiger partial charge on any atom is -0.379 e. The Balaban J connectivity index is 1.42. The van der Waals surface area contributed by atoms with Gasteiger partial charge in [-0.15, -0.1) is 10.2 Å². The van der Waals surface area contributed by atoms with Crippen molar-refractivity contribution in [3.05, 3.63) is 53.5 Å². The molecule has 3 aromatic rings. The van der Waals surface area contributed by atoms with Crippen LogP contribution in [0.3, 0.4) is 0 Å². The molecule has 0 saturated carbocycles. The fraction of sp³-hybridized carbons (Fsp3) is 0.353. The highest BCUT2D eigenvalue weighted by atomic mass is 19.1. The molecule has 0 radical (unpaired) electrons. The second-order valence-electron chi connectivity index (χ2n) is 5.93. The van der Waals surface area contributed by atoms with Crippen molar-refractivity contribution in [2.24, 2.45) is 0 Å². The van der Waals surface area contributed by atoms with E-state index in [2.05, 4.69) is 30.3 Å². The number of aromatic amines is 1. The minimum absolute atomic E-state index is 0.251. The molecule has 0 bridgehead atoms. The van der Waals surface area contributed by atoms with Gasteiger partial charge in [0.15, 0.2) is 0 Å². The minimum atomic E-state index is -0.251. The second kappa shape index (κ2) is 7.12. The van der Waals surface area contributed by atoms with Crippen LogP contribution in [0.25, 0.3) is 11.3 Å². The Morgan fingerprint density at radius 3 is 2.92 bits per heavy atom. The first-order chi connectivity index (χ1) is 12.3. The van der Waals surface area contributed by atoms with Gasteiger partial charge >= 0.3 is 0 Å². The van der Waals surface area contributed by atoms with Gasteiger partial charge < -0.3 is 14.6 Å². The standard InChI is InChI=1S/C17H19FN6O/c18-14-3-1-12(2-4-14)17-13(10-20-23-17)9-19-11-16-22-21-15-5-7-25-8-6-24(15)16/h1-4,10,19H,5-9,11H2,(H,20,23). The van der Waals surface area contributed by atoms with Crippen molar-refractivity contribution in [2.75, 3.05) is 13.2 Å². The van der Waals surface area contributed by atoms with Crippen LogP contribution in [0, 0.1) is 5.82 Å². The third-order valence-corrected chi connectivity index (χ3v) is 4.28. The van der Waals surface area contributed by atoms with E-state index in [0.29, 0.717) is 26.3 Å². The second-order valence-corrected chi connectivity index (χ2v) is 5.93. The van der Waals surface area contributed by atoms with Crippen LogP contribution in [-0.2, 0) is 30.8 Å². The molecular formula is C17H19FN6O. The van der Waals surface area contributed by atoms with E-state index in [1.165, 1.54) is 12.1 Å². The molecule has 1 aromatic carbocycles. The number of H-pyrrole nitrogens is 1. The molecule has 0 saturated heterocycles. The SMILES string of the molecule is Fc1ccc(-c2[nH]ncc2CNCc2nnc3n2CCOCC3)cc1. The molecule has 130 valence electrons. The van der Waals surface area contributed by atoms with Crippen LogP contribution in [-0.4, -0.2) is 38.2 Å². The number of hydrogen-bond acceptors (Lipinski definition) is 5. The summed E-state index contributed by atoms with van der Waals surface area (Å²) in [6, 6.07) is 6.37. The van der Waals surface area contributed by atoms with E-state index in [9.17, 15) is 4.39 Å². The molecule has 0 amide bonds. The van der Waals surface area contributed by atoms with Gasteiger partial charge in [0.2, 0.25) is 0 Å². The average molecular weight is 342 g/mol. The lowest BCUT2D eigenvalue weighted by atomic mass is 10.1. The summed E-state index contributed by atoms with van der Waals surface area (Å²) in [7, 11) is 0. The number of nitrogens with one attached hydrogen (secondary N) is 2. The predicted octanol–water partition coefficient (Wildman–Crippen LogP) is 1.67. The number of rotatable bonds is 5. The van der Waals surface area contributed by atoms with Crippen LogP contribution >= 0.6 is 0 Å². The van der Waals surface area contributed by atoms with E-state index in [-0.39, 0.29) is 5.82 Å². The number of hydrogen-bond donors (Lipinski definition) is 2. The van der Waals surface area contributed by atoms with Gasteiger partial charge in [0.05, 0.1) is 31.6 Å². The maximum absolute atomic E-state index is 13.1. The summed E-state index contributed by atoms with van der Waals surface area (Å²) >= 11 is 0. The van der Waals surface area contributed by atoms with Crippen LogP contribution < -0.4 is 5.32 Å². The lowest BCUT2D eigenvalue weighted by Gasteiger charge is -2.08. The van der Waals surface area contributed by atoms with E-state index in [4.69, 9.17) is 4.74 Å². The summed E-state index contributed by atoms with van der Waals surface area (Å²) < 4.78 is 20.7. The Kier molecular flexibility index (Phi) is 4.53. The predicted molar refractivity (Wildman–Crippen MR) is 89.1 cm³/mol. The van der Waals surface area contributed by atoms with Crippen molar-refractivity contribution in [3.8, 4) is 11.3 Å². The smallest absolute Gasteiger partial charge is 0.147 e. The lowest BCUT2D eigenvalue weighted by molar-refractivity contribution is 0.139. The zero-order chi connectivity index (χ0) is 17.1. The lowest BCUT2D eigenvalue weighted by Crippen LogP contribution is -2.18. The third-order valence-electron chi connectivity index (χ3n) is 4.28. The molecule has 1 aliphatic heterocycles. The highest BCUT2D eigenvalue weighted by molar-refractivity contribution is 5.62. The maximum atomic E-state index is 13.1. The van der Waals surface area contributed by atoms with Gasteiger partial charge in [0, 0.05) is 30.6 Å². The fourth-order valence-electron chi connectivity index (χ4n) is 2.99. The number of benzene rings is 1. The molecule has 2 N–H and O–H groups in total. The van der Waals surface area contributed by atoms with Crippen LogP contribution in [0.5, 0.6) is 0 Å². The van der Waals surface area contributed by atoms with Crippen LogP contribution in [0.1, 0.15) is 17.2 Å². The molecule has 0 aliphatic carbocycles. The van der Waals surface area contributed by atoms with Crippen LogP contribution in [0.15, 0.2) is 30.5 Å². The Morgan fingerprint density at radius 2 is 2.04 bits per heavy atom. The molecule has 0 unspecified atom stereocenters. The zero-order valence-electron chi connectivity index (χ0n) is 13.7. The number of aromatic nitrogens is 5. The van der Waals surface area contributed by atoms with Gasteiger partial charge in [-0.1, -0.05) is 0 Å². The monoisotopic (exact) mass is 342 g/mol. The van der Waals surface area contributed by atoms with E-state index in [1.807, 2.05) is 0 Å². The van der Waals surface area contributed by atoms with Crippen molar-refractivity contribution < 1.29 is 9.13 Å². The topological polar surface area (TPSA) is 80.7 Å². The van der Waals surface area contributed by atoms with Gasteiger partial charge in [-0.2, -0.15) is 5.10 Å². The number of halogens is 1. The molecule has 8 heteroatoms. The Bertz CT molecular complexity index is 841.